The monoisotopic (exact) mass is 790 g/mol. The molecule has 0 aliphatic heterocycles. The molecule has 14 aromatic rings. The minimum atomic E-state index is 0.852. The molecule has 4 heterocycles. The van der Waals surface area contributed by atoms with Gasteiger partial charge in [0.25, 0.3) is 0 Å². The van der Waals surface area contributed by atoms with E-state index < -0.39 is 0 Å². The summed E-state index contributed by atoms with van der Waals surface area (Å²) >= 11 is 0. The van der Waals surface area contributed by atoms with Crippen molar-refractivity contribution in [1.29, 1.82) is 0 Å². The van der Waals surface area contributed by atoms with E-state index in [9.17, 15) is 0 Å². The third kappa shape index (κ3) is 4.66. The third-order valence-electron chi connectivity index (χ3n) is 13.1. The van der Waals surface area contributed by atoms with Gasteiger partial charge in [-0.15, -0.1) is 0 Å². The molecule has 0 radical (unpaired) electrons. The first-order chi connectivity index (χ1) is 30.7. The highest BCUT2D eigenvalue weighted by Crippen LogP contribution is 2.45. The summed E-state index contributed by atoms with van der Waals surface area (Å²) in [5.41, 5.74) is 14.9. The fourth-order valence-corrected chi connectivity index (χ4v) is 10.4. The second kappa shape index (κ2) is 12.6. The smallest absolute Gasteiger partial charge is 0.143 e. The second-order valence-corrected chi connectivity index (χ2v) is 16.4. The molecule has 0 N–H and O–H groups in total. The van der Waals surface area contributed by atoms with E-state index in [2.05, 4.69) is 203 Å². The Morgan fingerprint density at radius 2 is 1.00 bits per heavy atom. The van der Waals surface area contributed by atoms with E-state index in [1.54, 1.807) is 0 Å². The molecule has 288 valence electrons. The van der Waals surface area contributed by atoms with Gasteiger partial charge in [-0.3, -0.25) is 0 Å². The van der Waals surface area contributed by atoms with Crippen molar-refractivity contribution in [2.75, 3.05) is 0 Å². The van der Waals surface area contributed by atoms with Crippen molar-refractivity contribution in [3.63, 3.8) is 0 Å². The normalized spacial score (nSPS) is 12.2. The molecule has 0 bridgehead atoms. The number of fused-ring (bicyclic) bond motifs is 14. The number of furan rings is 2. The SMILES string of the molecule is c1ccc(-c2ccc3c(c2)c2ccc4c(c5ccccc5n4-c4ccc5ccccc5c4)c2n3-c2ccc3oc4c(-c5cccc6oc7ccccc7c56)cccc4c3c2)cc1. The molecule has 0 spiro atoms. The average molecular weight is 791 g/mol. The second-order valence-electron chi connectivity index (χ2n) is 16.4. The number of rotatable bonds is 4. The standard InChI is InChI=1S/C58H34N2O2/c1-2-12-35(13-3-1)38-25-29-50-47(33-38)42-28-30-51-56(45-16-6-8-21-49(45)59(51)39-26-24-36-14-4-5-15-37(36)32-39)57(42)60(50)40-27-31-53-48(34-40)44-20-10-19-43(58(44)62-53)41-18-11-23-54-55(41)46-17-7-9-22-52(46)61-54/h1-34H. The summed E-state index contributed by atoms with van der Waals surface area (Å²) in [5.74, 6) is 0. The van der Waals surface area contributed by atoms with E-state index in [1.807, 2.05) is 12.1 Å². The summed E-state index contributed by atoms with van der Waals surface area (Å²) in [4.78, 5) is 0. The molecule has 10 aromatic carbocycles. The van der Waals surface area contributed by atoms with E-state index in [1.165, 1.54) is 60.0 Å². The lowest BCUT2D eigenvalue weighted by Gasteiger charge is -2.11. The molecule has 4 nitrogen and oxygen atoms in total. The molecule has 0 aliphatic carbocycles. The van der Waals surface area contributed by atoms with Gasteiger partial charge in [-0.05, 0) is 94.2 Å². The highest BCUT2D eigenvalue weighted by Gasteiger charge is 2.23. The minimum absolute atomic E-state index is 0.852. The molecule has 0 saturated heterocycles. The lowest BCUT2D eigenvalue weighted by Crippen LogP contribution is -1.95. The molecule has 0 saturated carbocycles. The third-order valence-corrected chi connectivity index (χ3v) is 13.1. The van der Waals surface area contributed by atoms with Crippen LogP contribution >= 0.6 is 0 Å². The maximum Gasteiger partial charge on any atom is 0.143 e. The molecule has 14 rings (SSSR count). The molecule has 0 atom stereocenters. The lowest BCUT2D eigenvalue weighted by molar-refractivity contribution is 0.668. The van der Waals surface area contributed by atoms with Crippen LogP contribution in [0.2, 0.25) is 0 Å². The number of benzene rings is 10. The Kier molecular flexibility index (Phi) is 6.80. The molecular formula is C58H34N2O2. The van der Waals surface area contributed by atoms with Gasteiger partial charge in [0, 0.05) is 60.0 Å². The van der Waals surface area contributed by atoms with E-state index in [0.29, 0.717) is 0 Å². The van der Waals surface area contributed by atoms with Crippen LogP contribution in [0.15, 0.2) is 215 Å². The van der Waals surface area contributed by atoms with Crippen LogP contribution in [0.3, 0.4) is 0 Å². The first-order valence-electron chi connectivity index (χ1n) is 21.2. The van der Waals surface area contributed by atoms with Crippen molar-refractivity contribution in [3.8, 4) is 33.6 Å². The van der Waals surface area contributed by atoms with Crippen molar-refractivity contribution < 1.29 is 8.83 Å². The van der Waals surface area contributed by atoms with Crippen LogP contribution in [-0.2, 0) is 0 Å². The Morgan fingerprint density at radius 1 is 0.306 bits per heavy atom. The average Bonchev–Trinajstić information content (AvgIpc) is 4.09. The van der Waals surface area contributed by atoms with Crippen LogP contribution in [0.4, 0.5) is 0 Å². The van der Waals surface area contributed by atoms with Crippen LogP contribution in [0.25, 0.3) is 132 Å². The number of hydrogen-bond donors (Lipinski definition) is 0. The van der Waals surface area contributed by atoms with Crippen molar-refractivity contribution in [3.05, 3.63) is 206 Å². The van der Waals surface area contributed by atoms with Crippen LogP contribution in [0.5, 0.6) is 0 Å². The van der Waals surface area contributed by atoms with Crippen molar-refractivity contribution in [2.24, 2.45) is 0 Å². The summed E-state index contributed by atoms with van der Waals surface area (Å²) in [7, 11) is 0. The largest absolute Gasteiger partial charge is 0.456 e. The molecule has 0 aliphatic rings. The fourth-order valence-electron chi connectivity index (χ4n) is 10.4. The summed E-state index contributed by atoms with van der Waals surface area (Å²) in [5, 5.41) is 11.7. The molecule has 4 heteroatoms. The minimum Gasteiger partial charge on any atom is -0.456 e. The number of hydrogen-bond acceptors (Lipinski definition) is 2. The van der Waals surface area contributed by atoms with E-state index in [4.69, 9.17) is 8.83 Å². The van der Waals surface area contributed by atoms with Gasteiger partial charge in [0.2, 0.25) is 0 Å². The number of para-hydroxylation sites is 3. The summed E-state index contributed by atoms with van der Waals surface area (Å²) in [6.07, 6.45) is 0. The Labute approximate surface area is 354 Å². The molecule has 4 aromatic heterocycles. The molecular weight excluding hydrogens is 757 g/mol. The zero-order chi connectivity index (χ0) is 40.5. The molecule has 0 unspecified atom stereocenters. The first kappa shape index (κ1) is 33.5. The summed E-state index contributed by atoms with van der Waals surface area (Å²) in [6.45, 7) is 0. The van der Waals surface area contributed by atoms with Crippen LogP contribution < -0.4 is 0 Å². The molecule has 62 heavy (non-hydrogen) atoms. The fraction of sp³-hybridized carbons (Fsp3) is 0. The topological polar surface area (TPSA) is 36.1 Å². The van der Waals surface area contributed by atoms with Gasteiger partial charge in [0.1, 0.15) is 22.3 Å². The summed E-state index contributed by atoms with van der Waals surface area (Å²) < 4.78 is 18.1. The lowest BCUT2D eigenvalue weighted by atomic mass is 9.97. The van der Waals surface area contributed by atoms with Crippen LogP contribution in [0, 0.1) is 0 Å². The van der Waals surface area contributed by atoms with Crippen LogP contribution in [0.1, 0.15) is 0 Å². The number of nitrogens with zero attached hydrogens (tertiary/aromatic N) is 2. The van der Waals surface area contributed by atoms with Gasteiger partial charge in [0.15, 0.2) is 0 Å². The molecule has 0 fully saturated rings. The zero-order valence-corrected chi connectivity index (χ0v) is 33.3. The first-order valence-corrected chi connectivity index (χ1v) is 21.2. The van der Waals surface area contributed by atoms with Crippen molar-refractivity contribution in [1.82, 2.24) is 9.13 Å². The highest BCUT2D eigenvalue weighted by atomic mass is 16.3. The maximum absolute atomic E-state index is 6.86. The molecule has 0 amide bonds. The van der Waals surface area contributed by atoms with E-state index >= 15 is 0 Å². The van der Waals surface area contributed by atoms with Gasteiger partial charge in [-0.2, -0.15) is 0 Å². The van der Waals surface area contributed by atoms with Gasteiger partial charge in [0.05, 0.1) is 22.1 Å². The van der Waals surface area contributed by atoms with E-state index in [-0.39, 0.29) is 0 Å². The quantitative estimate of drug-likeness (QED) is 0.178. The zero-order valence-electron chi connectivity index (χ0n) is 33.3. The number of aromatic nitrogens is 2. The highest BCUT2D eigenvalue weighted by molar-refractivity contribution is 6.27. The summed E-state index contributed by atoms with van der Waals surface area (Å²) in [6, 6.07) is 74.3. The van der Waals surface area contributed by atoms with E-state index in [0.717, 1.165) is 71.9 Å². The van der Waals surface area contributed by atoms with Crippen molar-refractivity contribution >= 4 is 98.3 Å². The Balaban J connectivity index is 1.06. The Bertz CT molecular complexity index is 4160. The maximum atomic E-state index is 6.86. The predicted octanol–water partition coefficient (Wildman–Crippen LogP) is 16.2. The van der Waals surface area contributed by atoms with Crippen molar-refractivity contribution in [2.45, 2.75) is 0 Å². The van der Waals surface area contributed by atoms with Gasteiger partial charge < -0.3 is 18.0 Å². The van der Waals surface area contributed by atoms with Gasteiger partial charge >= 0.3 is 0 Å². The van der Waals surface area contributed by atoms with Crippen LogP contribution in [-0.4, -0.2) is 9.13 Å². The Morgan fingerprint density at radius 3 is 1.94 bits per heavy atom. The Hall–Kier alpha value is -8.34. The van der Waals surface area contributed by atoms with Gasteiger partial charge in [-0.1, -0.05) is 140 Å². The van der Waals surface area contributed by atoms with Gasteiger partial charge in [-0.25, -0.2) is 0 Å². The predicted molar refractivity (Wildman–Crippen MR) is 258 cm³/mol.